The monoisotopic (exact) mass is 283 g/mol. The molecule has 1 aromatic rings. The zero-order chi connectivity index (χ0) is 14.1. The molecule has 3 nitrogen and oxygen atoms in total. The number of carbonyl (C=O) groups excluding carboxylic acids is 1. The van der Waals surface area contributed by atoms with Crippen molar-refractivity contribution in [2.24, 2.45) is 11.7 Å². The van der Waals surface area contributed by atoms with Crippen molar-refractivity contribution >= 4 is 17.6 Å². The highest BCUT2D eigenvalue weighted by Gasteiger charge is 2.10. The van der Waals surface area contributed by atoms with E-state index in [1.165, 1.54) is 0 Å². The van der Waals surface area contributed by atoms with Crippen molar-refractivity contribution in [1.29, 1.82) is 0 Å². The van der Waals surface area contributed by atoms with Gasteiger partial charge in [0.2, 0.25) is 0 Å². The molecule has 19 heavy (non-hydrogen) atoms. The minimum absolute atomic E-state index is 0.171. The Morgan fingerprint density at radius 1 is 1.37 bits per heavy atom. The number of esters is 1. The molecule has 0 amide bonds. The molecule has 0 spiro atoms. The molecule has 0 radical (unpaired) electrons. The number of nitrogens with two attached hydrogens (primary N) is 1. The van der Waals surface area contributed by atoms with Crippen LogP contribution in [-0.4, -0.2) is 12.5 Å². The van der Waals surface area contributed by atoms with Gasteiger partial charge in [0, 0.05) is 17.0 Å². The molecule has 1 atom stereocenters. The van der Waals surface area contributed by atoms with E-state index in [9.17, 15) is 4.79 Å². The second kappa shape index (κ2) is 8.94. The molecular weight excluding hydrogens is 262 g/mol. The summed E-state index contributed by atoms with van der Waals surface area (Å²) in [6.07, 6.45) is 3.31. The highest BCUT2D eigenvalue weighted by molar-refractivity contribution is 6.31. The average molecular weight is 284 g/mol. The molecule has 0 saturated carbocycles. The Morgan fingerprint density at radius 2 is 2.11 bits per heavy atom. The van der Waals surface area contributed by atoms with Gasteiger partial charge in [-0.2, -0.15) is 0 Å². The second-order valence-electron chi connectivity index (χ2n) is 4.64. The molecule has 0 fully saturated rings. The van der Waals surface area contributed by atoms with Crippen LogP contribution in [0.1, 0.15) is 38.2 Å². The van der Waals surface area contributed by atoms with E-state index in [0.29, 0.717) is 23.9 Å². The summed E-state index contributed by atoms with van der Waals surface area (Å²) in [5.74, 6) is 0.341. The molecule has 1 rings (SSSR count). The fourth-order valence-electron chi connectivity index (χ4n) is 1.96. The van der Waals surface area contributed by atoms with E-state index in [1.54, 1.807) is 6.07 Å². The lowest BCUT2D eigenvalue weighted by Crippen LogP contribution is -2.11. The van der Waals surface area contributed by atoms with Crippen LogP contribution in [-0.2, 0) is 16.1 Å². The molecule has 0 aliphatic carbocycles. The Labute approximate surface area is 120 Å². The summed E-state index contributed by atoms with van der Waals surface area (Å²) in [5, 5.41) is 0.630. The minimum Gasteiger partial charge on any atom is -0.461 e. The highest BCUT2D eigenvalue weighted by Crippen LogP contribution is 2.18. The maximum absolute atomic E-state index is 11.7. The molecule has 4 heteroatoms. The first-order chi connectivity index (χ1) is 9.17. The van der Waals surface area contributed by atoms with Crippen LogP contribution < -0.4 is 5.73 Å². The zero-order valence-corrected chi connectivity index (χ0v) is 12.2. The molecule has 106 valence electrons. The van der Waals surface area contributed by atoms with E-state index >= 15 is 0 Å². The van der Waals surface area contributed by atoms with Crippen LogP contribution >= 0.6 is 11.6 Å². The topological polar surface area (TPSA) is 52.3 Å². The van der Waals surface area contributed by atoms with E-state index in [0.717, 1.165) is 24.8 Å². The number of hydrogen-bond acceptors (Lipinski definition) is 3. The molecule has 0 heterocycles. The molecular formula is C15H22ClNO2. The lowest BCUT2D eigenvalue weighted by Gasteiger charge is -2.13. The lowest BCUT2D eigenvalue weighted by molar-refractivity contribution is -0.145. The number of halogens is 1. The van der Waals surface area contributed by atoms with Gasteiger partial charge in [-0.25, -0.2) is 0 Å². The Kier molecular flexibility index (Phi) is 7.53. The molecule has 0 aliphatic rings. The van der Waals surface area contributed by atoms with E-state index in [4.69, 9.17) is 22.1 Å². The fourth-order valence-corrected chi connectivity index (χ4v) is 2.15. The van der Waals surface area contributed by atoms with Crippen LogP contribution in [0, 0.1) is 5.92 Å². The van der Waals surface area contributed by atoms with Crippen LogP contribution in [0.2, 0.25) is 5.02 Å². The van der Waals surface area contributed by atoms with Gasteiger partial charge >= 0.3 is 5.97 Å². The third-order valence-electron chi connectivity index (χ3n) is 3.26. The van der Waals surface area contributed by atoms with Crippen molar-refractivity contribution in [2.75, 3.05) is 6.54 Å². The molecule has 0 aliphatic heterocycles. The lowest BCUT2D eigenvalue weighted by atomic mass is 9.97. The Bertz CT molecular complexity index is 395. The normalized spacial score (nSPS) is 12.2. The first kappa shape index (κ1) is 16.0. The van der Waals surface area contributed by atoms with Crippen molar-refractivity contribution < 1.29 is 9.53 Å². The number of rotatable bonds is 8. The van der Waals surface area contributed by atoms with Crippen molar-refractivity contribution in [3.63, 3.8) is 0 Å². The van der Waals surface area contributed by atoms with Gasteiger partial charge in [-0.3, -0.25) is 4.79 Å². The van der Waals surface area contributed by atoms with E-state index < -0.39 is 0 Å². The van der Waals surface area contributed by atoms with E-state index in [2.05, 4.69) is 6.92 Å². The number of benzene rings is 1. The Balaban J connectivity index is 2.30. The zero-order valence-electron chi connectivity index (χ0n) is 11.4. The summed E-state index contributed by atoms with van der Waals surface area (Å²) >= 11 is 5.99. The van der Waals surface area contributed by atoms with Gasteiger partial charge < -0.3 is 10.5 Å². The molecule has 2 N–H and O–H groups in total. The predicted molar refractivity (Wildman–Crippen MR) is 77.9 cm³/mol. The first-order valence-electron chi connectivity index (χ1n) is 6.76. The minimum atomic E-state index is -0.171. The molecule has 0 saturated heterocycles. The van der Waals surface area contributed by atoms with Crippen LogP contribution in [0.3, 0.4) is 0 Å². The van der Waals surface area contributed by atoms with Crippen LogP contribution in [0.4, 0.5) is 0 Å². The van der Waals surface area contributed by atoms with Gasteiger partial charge in [0.1, 0.15) is 6.61 Å². The third kappa shape index (κ3) is 6.08. The van der Waals surface area contributed by atoms with Gasteiger partial charge in [-0.05, 0) is 31.4 Å². The Morgan fingerprint density at radius 3 is 2.74 bits per heavy atom. The smallest absolute Gasteiger partial charge is 0.306 e. The summed E-state index contributed by atoms with van der Waals surface area (Å²) in [5.41, 5.74) is 6.37. The Hall–Kier alpha value is -1.06. The van der Waals surface area contributed by atoms with E-state index in [-0.39, 0.29) is 12.6 Å². The largest absolute Gasteiger partial charge is 0.461 e. The first-order valence-corrected chi connectivity index (χ1v) is 7.14. The van der Waals surface area contributed by atoms with Gasteiger partial charge in [0.15, 0.2) is 0 Å². The summed E-state index contributed by atoms with van der Waals surface area (Å²) in [6.45, 7) is 3.04. The summed E-state index contributed by atoms with van der Waals surface area (Å²) in [7, 11) is 0. The maximum atomic E-state index is 11.7. The van der Waals surface area contributed by atoms with Gasteiger partial charge in [-0.1, -0.05) is 43.1 Å². The molecule has 0 bridgehead atoms. The second-order valence-corrected chi connectivity index (χ2v) is 5.05. The summed E-state index contributed by atoms with van der Waals surface area (Å²) in [6, 6.07) is 7.38. The quantitative estimate of drug-likeness (QED) is 0.743. The highest BCUT2D eigenvalue weighted by atomic mass is 35.5. The fraction of sp³-hybridized carbons (Fsp3) is 0.533. The van der Waals surface area contributed by atoms with Gasteiger partial charge in [0.05, 0.1) is 0 Å². The molecule has 1 unspecified atom stereocenters. The van der Waals surface area contributed by atoms with Crippen molar-refractivity contribution in [3.05, 3.63) is 34.9 Å². The predicted octanol–water partition coefficient (Wildman–Crippen LogP) is 3.54. The van der Waals surface area contributed by atoms with Gasteiger partial charge in [0.25, 0.3) is 0 Å². The van der Waals surface area contributed by atoms with Crippen LogP contribution in [0.5, 0.6) is 0 Å². The molecule has 0 aromatic heterocycles. The third-order valence-corrected chi connectivity index (χ3v) is 3.62. The maximum Gasteiger partial charge on any atom is 0.306 e. The van der Waals surface area contributed by atoms with E-state index in [1.807, 2.05) is 18.2 Å². The van der Waals surface area contributed by atoms with Crippen molar-refractivity contribution in [1.82, 2.24) is 0 Å². The standard InChI is InChI=1S/C15H22ClNO2/c1-2-12(9-10-17)7-8-15(18)19-11-13-5-3-4-6-14(13)16/h3-6,12H,2,7-11,17H2,1H3. The molecule has 1 aromatic carbocycles. The summed E-state index contributed by atoms with van der Waals surface area (Å²) in [4.78, 5) is 11.7. The average Bonchev–Trinajstić information content (AvgIpc) is 2.42. The van der Waals surface area contributed by atoms with Crippen LogP contribution in [0.25, 0.3) is 0 Å². The number of carbonyl (C=O) groups is 1. The van der Waals surface area contributed by atoms with Crippen molar-refractivity contribution in [3.8, 4) is 0 Å². The number of ether oxygens (including phenoxy) is 1. The van der Waals surface area contributed by atoms with Gasteiger partial charge in [-0.15, -0.1) is 0 Å². The summed E-state index contributed by atoms with van der Waals surface area (Å²) < 4.78 is 5.23. The van der Waals surface area contributed by atoms with Crippen LogP contribution in [0.15, 0.2) is 24.3 Å². The number of hydrogen-bond donors (Lipinski definition) is 1. The SMILES string of the molecule is CCC(CCN)CCC(=O)OCc1ccccc1Cl. The van der Waals surface area contributed by atoms with Crippen molar-refractivity contribution in [2.45, 2.75) is 39.2 Å².